The fourth-order valence-electron chi connectivity index (χ4n) is 1.86. The van der Waals surface area contributed by atoms with Crippen LogP contribution in [0.3, 0.4) is 0 Å². The van der Waals surface area contributed by atoms with Gasteiger partial charge >= 0.3 is 5.97 Å². The van der Waals surface area contributed by atoms with Gasteiger partial charge in [0.2, 0.25) is 0 Å². The fourth-order valence-corrected chi connectivity index (χ4v) is 1.86. The molecular formula is C18H16O2. The SMILES string of the molecule is O=C(O)C(=CC=Cc1ccccc1)Cc1ccccc1. The van der Waals surface area contributed by atoms with Crippen LogP contribution in [0.15, 0.2) is 78.4 Å². The van der Waals surface area contributed by atoms with E-state index in [1.54, 1.807) is 12.2 Å². The molecule has 0 saturated heterocycles. The number of carboxylic acids is 1. The summed E-state index contributed by atoms with van der Waals surface area (Å²) in [6.45, 7) is 0. The summed E-state index contributed by atoms with van der Waals surface area (Å²) < 4.78 is 0. The molecule has 20 heavy (non-hydrogen) atoms. The topological polar surface area (TPSA) is 37.3 Å². The molecule has 2 aromatic rings. The third kappa shape index (κ3) is 4.25. The summed E-state index contributed by atoms with van der Waals surface area (Å²) in [6, 6.07) is 19.4. The van der Waals surface area contributed by atoms with Crippen LogP contribution in [0.5, 0.6) is 0 Å². The average molecular weight is 264 g/mol. The van der Waals surface area contributed by atoms with Gasteiger partial charge in [-0.05, 0) is 11.1 Å². The van der Waals surface area contributed by atoms with E-state index in [2.05, 4.69) is 0 Å². The summed E-state index contributed by atoms with van der Waals surface area (Å²) >= 11 is 0. The summed E-state index contributed by atoms with van der Waals surface area (Å²) in [4.78, 5) is 11.2. The molecule has 0 spiro atoms. The maximum Gasteiger partial charge on any atom is 0.331 e. The quantitative estimate of drug-likeness (QED) is 0.655. The molecule has 0 aliphatic rings. The van der Waals surface area contributed by atoms with Gasteiger partial charge < -0.3 is 5.11 Å². The van der Waals surface area contributed by atoms with Crippen molar-refractivity contribution < 1.29 is 9.90 Å². The summed E-state index contributed by atoms with van der Waals surface area (Å²) in [5, 5.41) is 9.23. The Labute approximate surface area is 118 Å². The van der Waals surface area contributed by atoms with Crippen molar-refractivity contribution in [3.63, 3.8) is 0 Å². The summed E-state index contributed by atoms with van der Waals surface area (Å²) in [7, 11) is 0. The second kappa shape index (κ2) is 7.10. The largest absolute Gasteiger partial charge is 0.478 e. The lowest BCUT2D eigenvalue weighted by molar-refractivity contribution is -0.132. The molecule has 2 rings (SSSR count). The monoisotopic (exact) mass is 264 g/mol. The van der Waals surface area contributed by atoms with Gasteiger partial charge in [0.1, 0.15) is 0 Å². The highest BCUT2D eigenvalue weighted by Crippen LogP contribution is 2.09. The first-order valence-corrected chi connectivity index (χ1v) is 6.45. The Morgan fingerprint density at radius 1 is 0.950 bits per heavy atom. The zero-order valence-corrected chi connectivity index (χ0v) is 11.1. The number of rotatable bonds is 5. The highest BCUT2D eigenvalue weighted by molar-refractivity contribution is 5.87. The van der Waals surface area contributed by atoms with Crippen molar-refractivity contribution in [1.29, 1.82) is 0 Å². The minimum Gasteiger partial charge on any atom is -0.478 e. The summed E-state index contributed by atoms with van der Waals surface area (Å²) in [6.07, 6.45) is 5.76. The zero-order valence-electron chi connectivity index (χ0n) is 11.1. The predicted molar refractivity (Wildman–Crippen MR) is 81.3 cm³/mol. The van der Waals surface area contributed by atoms with Crippen LogP contribution in [0.1, 0.15) is 11.1 Å². The molecule has 1 N–H and O–H groups in total. The van der Waals surface area contributed by atoms with Gasteiger partial charge in [-0.2, -0.15) is 0 Å². The van der Waals surface area contributed by atoms with Crippen LogP contribution >= 0.6 is 0 Å². The van der Waals surface area contributed by atoms with E-state index >= 15 is 0 Å². The van der Waals surface area contributed by atoms with Gasteiger partial charge in [-0.15, -0.1) is 0 Å². The maximum atomic E-state index is 11.2. The fraction of sp³-hybridized carbons (Fsp3) is 0.0556. The lowest BCUT2D eigenvalue weighted by Gasteiger charge is -2.01. The Bertz CT molecular complexity index is 610. The molecule has 2 nitrogen and oxygen atoms in total. The van der Waals surface area contributed by atoms with Crippen LogP contribution in [-0.4, -0.2) is 11.1 Å². The summed E-state index contributed by atoms with van der Waals surface area (Å²) in [5.74, 6) is -0.883. The van der Waals surface area contributed by atoms with E-state index in [0.717, 1.165) is 11.1 Å². The smallest absolute Gasteiger partial charge is 0.331 e. The van der Waals surface area contributed by atoms with Crippen molar-refractivity contribution in [2.45, 2.75) is 6.42 Å². The molecule has 100 valence electrons. The minimum atomic E-state index is -0.883. The van der Waals surface area contributed by atoms with Crippen molar-refractivity contribution >= 4 is 12.0 Å². The highest BCUT2D eigenvalue weighted by Gasteiger charge is 2.06. The number of carboxylic acid groups (broad SMARTS) is 1. The molecular weight excluding hydrogens is 248 g/mol. The molecule has 0 fully saturated rings. The summed E-state index contributed by atoms with van der Waals surface area (Å²) in [5.41, 5.74) is 2.42. The van der Waals surface area contributed by atoms with Gasteiger partial charge in [-0.3, -0.25) is 0 Å². The first-order valence-electron chi connectivity index (χ1n) is 6.45. The van der Waals surface area contributed by atoms with E-state index in [1.807, 2.05) is 66.7 Å². The first-order chi connectivity index (χ1) is 9.75. The Morgan fingerprint density at radius 2 is 1.55 bits per heavy atom. The van der Waals surface area contributed by atoms with E-state index in [1.165, 1.54) is 0 Å². The second-order valence-electron chi connectivity index (χ2n) is 4.43. The van der Waals surface area contributed by atoms with E-state index in [-0.39, 0.29) is 0 Å². The van der Waals surface area contributed by atoms with Crippen molar-refractivity contribution in [3.8, 4) is 0 Å². The van der Waals surface area contributed by atoms with Crippen molar-refractivity contribution in [1.82, 2.24) is 0 Å². The van der Waals surface area contributed by atoms with E-state index in [9.17, 15) is 9.90 Å². The third-order valence-corrected chi connectivity index (χ3v) is 2.90. The molecule has 0 bridgehead atoms. The van der Waals surface area contributed by atoms with Gasteiger partial charge in [-0.25, -0.2) is 4.79 Å². The first kappa shape index (κ1) is 13.8. The number of aliphatic carboxylic acids is 1. The molecule has 0 aromatic heterocycles. The zero-order chi connectivity index (χ0) is 14.2. The van der Waals surface area contributed by atoms with Crippen molar-refractivity contribution in [3.05, 3.63) is 89.5 Å². The normalized spacial score (nSPS) is 11.7. The van der Waals surface area contributed by atoms with Gasteiger partial charge in [0.15, 0.2) is 0 Å². The highest BCUT2D eigenvalue weighted by atomic mass is 16.4. The van der Waals surface area contributed by atoms with E-state index in [0.29, 0.717) is 12.0 Å². The number of carbonyl (C=O) groups is 1. The number of hydrogen-bond donors (Lipinski definition) is 1. The second-order valence-corrected chi connectivity index (χ2v) is 4.43. The van der Waals surface area contributed by atoms with Crippen LogP contribution in [0, 0.1) is 0 Å². The third-order valence-electron chi connectivity index (χ3n) is 2.90. The number of benzene rings is 2. The Morgan fingerprint density at radius 3 is 2.15 bits per heavy atom. The lowest BCUT2D eigenvalue weighted by atomic mass is 10.0. The van der Waals surface area contributed by atoms with Crippen molar-refractivity contribution in [2.75, 3.05) is 0 Å². The standard InChI is InChI=1S/C18H16O2/c19-18(20)17(14-16-10-5-2-6-11-16)13-7-12-15-8-3-1-4-9-15/h1-13H,14H2,(H,19,20). The van der Waals surface area contributed by atoms with Crippen LogP contribution < -0.4 is 0 Å². The minimum absolute atomic E-state index is 0.378. The lowest BCUT2D eigenvalue weighted by Crippen LogP contribution is -2.03. The van der Waals surface area contributed by atoms with Gasteiger partial charge in [0.05, 0.1) is 0 Å². The van der Waals surface area contributed by atoms with E-state index in [4.69, 9.17) is 0 Å². The Balaban J connectivity index is 2.11. The van der Waals surface area contributed by atoms with Crippen molar-refractivity contribution in [2.24, 2.45) is 0 Å². The van der Waals surface area contributed by atoms with Gasteiger partial charge in [0, 0.05) is 12.0 Å². The molecule has 0 atom stereocenters. The number of hydrogen-bond acceptors (Lipinski definition) is 1. The molecule has 0 radical (unpaired) electrons. The molecule has 0 aliphatic heterocycles. The molecule has 0 unspecified atom stereocenters. The predicted octanol–water partition coefficient (Wildman–Crippen LogP) is 3.95. The van der Waals surface area contributed by atoms with Gasteiger partial charge in [-0.1, -0.05) is 78.9 Å². The number of allylic oxidation sites excluding steroid dienone is 2. The Hall–Kier alpha value is -2.61. The van der Waals surface area contributed by atoms with E-state index < -0.39 is 5.97 Å². The van der Waals surface area contributed by atoms with Crippen LogP contribution in [0.25, 0.3) is 6.08 Å². The molecule has 0 aliphatic carbocycles. The van der Waals surface area contributed by atoms with Crippen LogP contribution in [0.2, 0.25) is 0 Å². The van der Waals surface area contributed by atoms with Crippen LogP contribution in [-0.2, 0) is 11.2 Å². The van der Waals surface area contributed by atoms with Gasteiger partial charge in [0.25, 0.3) is 0 Å². The molecule has 0 amide bonds. The average Bonchev–Trinajstić information content (AvgIpc) is 2.48. The molecule has 0 heterocycles. The molecule has 0 saturated carbocycles. The molecule has 2 aromatic carbocycles. The maximum absolute atomic E-state index is 11.2. The Kier molecular flexibility index (Phi) is 4.90. The molecule has 2 heteroatoms. The van der Waals surface area contributed by atoms with Crippen LogP contribution in [0.4, 0.5) is 0 Å².